The summed E-state index contributed by atoms with van der Waals surface area (Å²) in [7, 11) is -1.91. The number of hydrogen-bond donors (Lipinski definition) is 0. The summed E-state index contributed by atoms with van der Waals surface area (Å²) in [5, 5.41) is 1.53. The normalized spacial score (nSPS) is 12.3. The van der Waals surface area contributed by atoms with Gasteiger partial charge in [-0.25, -0.2) is 4.67 Å². The highest BCUT2D eigenvalue weighted by Gasteiger charge is 2.39. The molecule has 4 aromatic rings. The summed E-state index contributed by atoms with van der Waals surface area (Å²) in [5.41, 5.74) is 2.07. The third kappa shape index (κ3) is 5.79. The highest BCUT2D eigenvalue weighted by molar-refractivity contribution is 7.76. The number of nitrogens with zero attached hydrogens (tertiary/aromatic N) is 1. The van der Waals surface area contributed by atoms with Crippen molar-refractivity contribution in [2.24, 2.45) is 0 Å². The molecule has 4 nitrogen and oxygen atoms in total. The van der Waals surface area contributed by atoms with Crippen molar-refractivity contribution in [3.05, 3.63) is 132 Å². The standard InChI is InChI=1S/C30H30NO3P/c1-34-30(32)23-22-29(26-16-8-3-9-17-26)31(24-25-14-6-2-7-15-25)35(33,27-18-10-4-11-19-27)28-20-12-5-13-21-28/h2-21,29H,22-24H2,1H3. The second kappa shape index (κ2) is 11.8. The van der Waals surface area contributed by atoms with Crippen LogP contribution in [-0.4, -0.2) is 17.7 Å². The molecule has 0 aromatic heterocycles. The summed E-state index contributed by atoms with van der Waals surface area (Å²) < 4.78 is 22.5. The molecule has 0 spiro atoms. The zero-order valence-electron chi connectivity index (χ0n) is 19.9. The smallest absolute Gasteiger partial charge is 0.305 e. The minimum absolute atomic E-state index is 0.227. The number of benzene rings is 4. The molecule has 0 fully saturated rings. The molecule has 1 unspecified atom stereocenters. The lowest BCUT2D eigenvalue weighted by Gasteiger charge is -2.39. The maximum atomic E-state index is 15.5. The Hall–Kier alpha value is -3.46. The van der Waals surface area contributed by atoms with Crippen molar-refractivity contribution in [3.63, 3.8) is 0 Å². The lowest BCUT2D eigenvalue weighted by Crippen LogP contribution is -2.35. The quantitative estimate of drug-likeness (QED) is 0.202. The van der Waals surface area contributed by atoms with Crippen LogP contribution in [0.1, 0.15) is 30.0 Å². The molecule has 0 aliphatic heterocycles. The second-order valence-electron chi connectivity index (χ2n) is 8.37. The Labute approximate surface area is 207 Å². The van der Waals surface area contributed by atoms with Crippen molar-refractivity contribution in [2.75, 3.05) is 7.11 Å². The maximum absolute atomic E-state index is 15.5. The van der Waals surface area contributed by atoms with Crippen LogP contribution in [0.2, 0.25) is 0 Å². The number of methoxy groups -OCH3 is 1. The predicted octanol–water partition coefficient (Wildman–Crippen LogP) is 6.11. The maximum Gasteiger partial charge on any atom is 0.305 e. The molecule has 0 amide bonds. The van der Waals surface area contributed by atoms with Crippen LogP contribution in [0.15, 0.2) is 121 Å². The van der Waals surface area contributed by atoms with Gasteiger partial charge in [0.1, 0.15) is 0 Å². The fraction of sp³-hybridized carbons (Fsp3) is 0.167. The predicted molar refractivity (Wildman–Crippen MR) is 142 cm³/mol. The first-order valence-corrected chi connectivity index (χ1v) is 13.4. The first-order valence-electron chi connectivity index (χ1n) is 11.8. The summed E-state index contributed by atoms with van der Waals surface area (Å²) in [6, 6.07) is 39.2. The van der Waals surface area contributed by atoms with Crippen LogP contribution in [0.25, 0.3) is 0 Å². The average molecular weight is 484 g/mol. The number of carbonyl (C=O) groups is 1. The number of esters is 1. The Balaban J connectivity index is 1.92. The molecule has 0 aliphatic rings. The van der Waals surface area contributed by atoms with Gasteiger partial charge in [-0.2, -0.15) is 0 Å². The van der Waals surface area contributed by atoms with Gasteiger partial charge in [0.25, 0.3) is 0 Å². The van der Waals surface area contributed by atoms with Crippen molar-refractivity contribution in [1.29, 1.82) is 0 Å². The van der Waals surface area contributed by atoms with Crippen molar-refractivity contribution >= 4 is 23.9 Å². The fourth-order valence-corrected chi connectivity index (χ4v) is 7.45. The van der Waals surface area contributed by atoms with Gasteiger partial charge in [-0.3, -0.25) is 9.36 Å². The Morgan fingerprint density at radius 2 is 1.20 bits per heavy atom. The largest absolute Gasteiger partial charge is 0.469 e. The van der Waals surface area contributed by atoms with Gasteiger partial charge in [0.15, 0.2) is 0 Å². The highest BCUT2D eigenvalue weighted by Crippen LogP contribution is 2.54. The molecule has 1 atom stereocenters. The van der Waals surface area contributed by atoms with E-state index in [2.05, 4.69) is 16.8 Å². The second-order valence-corrected chi connectivity index (χ2v) is 11.1. The van der Waals surface area contributed by atoms with E-state index in [1.165, 1.54) is 7.11 Å². The van der Waals surface area contributed by atoms with E-state index in [4.69, 9.17) is 4.74 Å². The molecule has 0 aliphatic carbocycles. The third-order valence-corrected chi connectivity index (χ3v) is 9.30. The monoisotopic (exact) mass is 483 g/mol. The lowest BCUT2D eigenvalue weighted by molar-refractivity contribution is -0.140. The molecule has 0 saturated heterocycles. The van der Waals surface area contributed by atoms with Gasteiger partial charge in [0, 0.05) is 29.6 Å². The molecular formula is C30H30NO3P. The zero-order chi connectivity index (χ0) is 24.5. The molecule has 4 rings (SSSR count). The summed E-state index contributed by atoms with van der Waals surface area (Å²) in [6.45, 7) is 0.461. The molecule has 5 heteroatoms. The van der Waals surface area contributed by atoms with E-state index in [1.54, 1.807) is 0 Å². The number of rotatable bonds is 10. The van der Waals surface area contributed by atoms with Crippen LogP contribution in [0.5, 0.6) is 0 Å². The van der Waals surface area contributed by atoms with Crippen LogP contribution in [0.3, 0.4) is 0 Å². The molecule has 35 heavy (non-hydrogen) atoms. The Morgan fingerprint density at radius 1 is 0.743 bits per heavy atom. The molecule has 0 heterocycles. The van der Waals surface area contributed by atoms with Crippen LogP contribution in [0, 0.1) is 0 Å². The van der Waals surface area contributed by atoms with Gasteiger partial charge in [-0.15, -0.1) is 0 Å². The van der Waals surface area contributed by atoms with E-state index in [-0.39, 0.29) is 18.4 Å². The van der Waals surface area contributed by atoms with Crippen molar-refractivity contribution in [3.8, 4) is 0 Å². The molecule has 4 aromatic carbocycles. The highest BCUT2D eigenvalue weighted by atomic mass is 31.2. The molecular weight excluding hydrogens is 453 g/mol. The van der Waals surface area contributed by atoms with E-state index in [0.29, 0.717) is 13.0 Å². The number of hydrogen-bond acceptors (Lipinski definition) is 3. The Bertz CT molecular complexity index is 1200. The van der Waals surface area contributed by atoms with Crippen LogP contribution < -0.4 is 10.6 Å². The van der Waals surface area contributed by atoms with Crippen LogP contribution in [-0.2, 0) is 20.6 Å². The van der Waals surface area contributed by atoms with E-state index < -0.39 is 7.29 Å². The summed E-state index contributed by atoms with van der Waals surface area (Å²) in [6.07, 6.45) is 0.706. The summed E-state index contributed by atoms with van der Waals surface area (Å²) in [5.74, 6) is -0.278. The van der Waals surface area contributed by atoms with Gasteiger partial charge in [0.2, 0.25) is 7.29 Å². The third-order valence-electron chi connectivity index (χ3n) is 6.16. The average Bonchev–Trinajstić information content (AvgIpc) is 2.94. The fourth-order valence-electron chi connectivity index (χ4n) is 4.40. The molecule has 178 valence electrons. The zero-order valence-corrected chi connectivity index (χ0v) is 20.8. The first-order chi connectivity index (χ1) is 17.1. The molecule has 0 radical (unpaired) electrons. The minimum Gasteiger partial charge on any atom is -0.469 e. The number of carbonyl (C=O) groups excluding carboxylic acids is 1. The van der Waals surface area contributed by atoms with E-state index in [0.717, 1.165) is 21.7 Å². The van der Waals surface area contributed by atoms with Crippen LogP contribution in [0.4, 0.5) is 0 Å². The first kappa shape index (κ1) is 24.7. The van der Waals surface area contributed by atoms with Crippen LogP contribution >= 0.6 is 7.29 Å². The summed E-state index contributed by atoms with van der Waals surface area (Å²) >= 11 is 0. The van der Waals surface area contributed by atoms with Crippen molar-refractivity contribution in [1.82, 2.24) is 4.67 Å². The van der Waals surface area contributed by atoms with Gasteiger partial charge in [-0.1, -0.05) is 97.1 Å². The summed E-state index contributed by atoms with van der Waals surface area (Å²) in [4.78, 5) is 12.2. The lowest BCUT2D eigenvalue weighted by atomic mass is 10.0. The van der Waals surface area contributed by atoms with Gasteiger partial charge < -0.3 is 4.74 Å². The Kier molecular flexibility index (Phi) is 8.31. The van der Waals surface area contributed by atoms with E-state index in [1.807, 2.05) is 109 Å². The van der Waals surface area contributed by atoms with Crippen molar-refractivity contribution < 1.29 is 14.1 Å². The van der Waals surface area contributed by atoms with Gasteiger partial charge in [0.05, 0.1) is 7.11 Å². The molecule has 0 bridgehead atoms. The van der Waals surface area contributed by atoms with Gasteiger partial charge in [-0.05, 0) is 41.8 Å². The molecule has 0 saturated carbocycles. The van der Waals surface area contributed by atoms with E-state index >= 15 is 4.57 Å². The minimum atomic E-state index is -3.31. The van der Waals surface area contributed by atoms with Crippen molar-refractivity contribution in [2.45, 2.75) is 25.4 Å². The molecule has 0 N–H and O–H groups in total. The van der Waals surface area contributed by atoms with Gasteiger partial charge >= 0.3 is 5.97 Å². The van der Waals surface area contributed by atoms with E-state index in [9.17, 15) is 4.79 Å². The topological polar surface area (TPSA) is 46.6 Å². The Morgan fingerprint density at radius 3 is 1.69 bits per heavy atom. The SMILES string of the molecule is COC(=O)CCC(c1ccccc1)N(Cc1ccccc1)P(=O)(c1ccccc1)c1ccccc1. The number of ether oxygens (including phenoxy) is 1.